The largest absolute Gasteiger partial charge is 0.497 e. The molecule has 0 bridgehead atoms. The number of hydrazone groups is 2. The van der Waals surface area contributed by atoms with Gasteiger partial charge < -0.3 is 10.6 Å². The second-order valence-corrected chi connectivity index (χ2v) is 5.32. The van der Waals surface area contributed by atoms with Crippen molar-refractivity contribution in [3.63, 3.8) is 0 Å². The normalized spacial score (nSPS) is 11.5. The van der Waals surface area contributed by atoms with Crippen LogP contribution < -0.4 is 16.0 Å². The van der Waals surface area contributed by atoms with Crippen molar-refractivity contribution in [3.8, 4) is 5.75 Å². The number of methoxy groups -OCH3 is 1. The molecule has 0 saturated carbocycles. The van der Waals surface area contributed by atoms with Crippen LogP contribution in [0.4, 0.5) is 5.69 Å². The molecule has 0 fully saturated rings. The van der Waals surface area contributed by atoms with Gasteiger partial charge in [-0.1, -0.05) is 6.07 Å². The number of carbonyl (C=O) groups excluding carboxylic acids is 1. The van der Waals surface area contributed by atoms with Gasteiger partial charge in [-0.3, -0.25) is 10.2 Å². The number of Topliss-reactive ketones (excluding diaryl/α,β-unsaturated/α-hetero) is 1. The van der Waals surface area contributed by atoms with E-state index in [0.717, 1.165) is 16.8 Å². The Balaban J connectivity index is 2.25. The molecule has 6 heteroatoms. The first-order chi connectivity index (χ1) is 11.5. The number of hydrogen-bond donors (Lipinski definition) is 2. The molecule has 0 heterocycles. The molecule has 0 radical (unpaired) electrons. The van der Waals surface area contributed by atoms with E-state index >= 15 is 0 Å². The van der Waals surface area contributed by atoms with Crippen molar-refractivity contribution in [2.75, 3.05) is 12.5 Å². The second-order valence-electron chi connectivity index (χ2n) is 5.32. The van der Waals surface area contributed by atoms with E-state index in [-0.39, 0.29) is 11.5 Å². The Kier molecular flexibility index (Phi) is 5.68. The molecule has 0 aromatic heterocycles. The van der Waals surface area contributed by atoms with E-state index in [2.05, 4.69) is 21.7 Å². The highest BCUT2D eigenvalue weighted by atomic mass is 16.5. The molecule has 0 atom stereocenters. The summed E-state index contributed by atoms with van der Waals surface area (Å²) in [4.78, 5) is 12.5. The number of carbonyl (C=O) groups is 1. The average molecular weight is 324 g/mol. The number of nitrogens with two attached hydrogens (primary N) is 1. The molecular weight excluding hydrogens is 304 g/mol. The van der Waals surface area contributed by atoms with Crippen LogP contribution >= 0.6 is 0 Å². The Morgan fingerprint density at radius 3 is 2.29 bits per heavy atom. The summed E-state index contributed by atoms with van der Waals surface area (Å²) in [6.45, 7) is 3.99. The highest BCUT2D eigenvalue weighted by molar-refractivity contribution is 6.64. The molecule has 0 saturated heterocycles. The summed E-state index contributed by atoms with van der Waals surface area (Å²) in [6.07, 6.45) is 1.22. The zero-order chi connectivity index (χ0) is 17.5. The van der Waals surface area contributed by atoms with Crippen LogP contribution in [0.25, 0.3) is 0 Å². The number of ether oxygens (including phenoxy) is 1. The first-order valence-electron chi connectivity index (χ1n) is 7.37. The minimum absolute atomic E-state index is 0.113. The van der Waals surface area contributed by atoms with Gasteiger partial charge in [0.1, 0.15) is 5.75 Å². The molecule has 2 aromatic carbocycles. The third-order valence-electron chi connectivity index (χ3n) is 3.31. The Morgan fingerprint density at radius 1 is 1.12 bits per heavy atom. The van der Waals surface area contributed by atoms with Crippen LogP contribution in [0.2, 0.25) is 0 Å². The highest BCUT2D eigenvalue weighted by Gasteiger charge is 2.13. The average Bonchev–Trinajstić information content (AvgIpc) is 2.57. The van der Waals surface area contributed by atoms with E-state index in [9.17, 15) is 4.79 Å². The number of hydrogen-bond acceptors (Lipinski definition) is 6. The molecule has 2 aromatic rings. The fourth-order valence-electron chi connectivity index (χ4n) is 2.26. The van der Waals surface area contributed by atoms with E-state index in [1.165, 1.54) is 6.21 Å². The Labute approximate surface area is 141 Å². The fraction of sp³-hybridized carbons (Fsp3) is 0.167. The molecule has 6 nitrogen and oxygen atoms in total. The summed E-state index contributed by atoms with van der Waals surface area (Å²) in [5.74, 6) is 5.58. The van der Waals surface area contributed by atoms with Crippen molar-refractivity contribution in [3.05, 3.63) is 59.2 Å². The standard InChI is InChI=1S/C18H20N4O2/c1-12-8-13(2)10-15(9-12)21-22-17(11-20-19)18(23)14-4-6-16(24-3)7-5-14/h4-11,21H,19H2,1-3H3/b20-11?,22-17+. The van der Waals surface area contributed by atoms with Crippen molar-refractivity contribution < 1.29 is 9.53 Å². The maximum atomic E-state index is 12.5. The first-order valence-corrected chi connectivity index (χ1v) is 7.37. The zero-order valence-electron chi connectivity index (χ0n) is 13.9. The van der Waals surface area contributed by atoms with Gasteiger partial charge in [-0.25, -0.2) is 0 Å². The van der Waals surface area contributed by atoms with E-state index < -0.39 is 0 Å². The number of ketones is 1. The molecule has 0 aliphatic rings. The molecule has 3 N–H and O–H groups in total. The first kappa shape index (κ1) is 17.2. The van der Waals surface area contributed by atoms with E-state index in [0.29, 0.717) is 11.3 Å². The molecule has 0 spiro atoms. The molecule has 0 amide bonds. The van der Waals surface area contributed by atoms with Crippen LogP contribution in [-0.2, 0) is 0 Å². The summed E-state index contributed by atoms with van der Waals surface area (Å²) in [7, 11) is 1.57. The quantitative estimate of drug-likeness (QED) is 0.370. The minimum Gasteiger partial charge on any atom is -0.497 e. The maximum Gasteiger partial charge on any atom is 0.214 e. The predicted octanol–water partition coefficient (Wildman–Crippen LogP) is 2.91. The molecule has 24 heavy (non-hydrogen) atoms. The van der Waals surface area contributed by atoms with Gasteiger partial charge in [-0.05, 0) is 61.4 Å². The van der Waals surface area contributed by atoms with E-state index in [1.54, 1.807) is 31.4 Å². The summed E-state index contributed by atoms with van der Waals surface area (Å²) in [5.41, 5.74) is 6.45. The number of rotatable bonds is 6. The lowest BCUT2D eigenvalue weighted by molar-refractivity contribution is 0.106. The lowest BCUT2D eigenvalue weighted by Gasteiger charge is -2.06. The third-order valence-corrected chi connectivity index (χ3v) is 3.31. The van der Waals surface area contributed by atoms with Crippen molar-refractivity contribution >= 4 is 23.4 Å². The van der Waals surface area contributed by atoms with Gasteiger partial charge in [-0.2, -0.15) is 10.2 Å². The van der Waals surface area contributed by atoms with Gasteiger partial charge in [-0.15, -0.1) is 0 Å². The monoisotopic (exact) mass is 324 g/mol. The van der Waals surface area contributed by atoms with E-state index in [4.69, 9.17) is 10.6 Å². The van der Waals surface area contributed by atoms with Crippen LogP contribution in [0.3, 0.4) is 0 Å². The van der Waals surface area contributed by atoms with Crippen LogP contribution in [0.15, 0.2) is 52.7 Å². The van der Waals surface area contributed by atoms with Crippen LogP contribution in [0, 0.1) is 13.8 Å². The SMILES string of the molecule is COc1ccc(C(=O)/C(C=NN)=N/Nc2cc(C)cc(C)c2)cc1. The molecular formula is C18H20N4O2. The topological polar surface area (TPSA) is 89.1 Å². The minimum atomic E-state index is -0.288. The summed E-state index contributed by atoms with van der Waals surface area (Å²) in [6, 6.07) is 12.7. The third kappa shape index (κ3) is 4.42. The highest BCUT2D eigenvalue weighted by Crippen LogP contribution is 2.15. The summed E-state index contributed by atoms with van der Waals surface area (Å²) in [5, 5.41) is 7.56. The van der Waals surface area contributed by atoms with Crippen LogP contribution in [0.1, 0.15) is 21.5 Å². The van der Waals surface area contributed by atoms with E-state index in [1.807, 2.05) is 26.0 Å². The number of nitrogens with zero attached hydrogens (tertiary/aromatic N) is 2. The van der Waals surface area contributed by atoms with Gasteiger partial charge in [0.2, 0.25) is 5.78 Å². The number of anilines is 1. The summed E-state index contributed by atoms with van der Waals surface area (Å²) < 4.78 is 5.08. The van der Waals surface area contributed by atoms with Crippen LogP contribution in [-0.4, -0.2) is 24.8 Å². The second kappa shape index (κ2) is 7.92. The van der Waals surface area contributed by atoms with Gasteiger partial charge in [0.15, 0.2) is 5.71 Å². The fourth-order valence-corrected chi connectivity index (χ4v) is 2.26. The van der Waals surface area contributed by atoms with Crippen molar-refractivity contribution in [1.29, 1.82) is 0 Å². The van der Waals surface area contributed by atoms with Crippen molar-refractivity contribution in [2.45, 2.75) is 13.8 Å². The van der Waals surface area contributed by atoms with Gasteiger partial charge in [0, 0.05) is 5.56 Å². The van der Waals surface area contributed by atoms with Crippen LogP contribution in [0.5, 0.6) is 5.75 Å². The number of benzene rings is 2. The smallest absolute Gasteiger partial charge is 0.214 e. The predicted molar refractivity (Wildman–Crippen MR) is 97.0 cm³/mol. The molecule has 0 aliphatic carbocycles. The lowest BCUT2D eigenvalue weighted by Crippen LogP contribution is -2.18. The Hall–Kier alpha value is -3.15. The molecule has 0 unspecified atom stereocenters. The van der Waals surface area contributed by atoms with Crippen molar-refractivity contribution in [1.82, 2.24) is 0 Å². The lowest BCUT2D eigenvalue weighted by atomic mass is 10.1. The summed E-state index contributed by atoms with van der Waals surface area (Å²) >= 11 is 0. The zero-order valence-corrected chi connectivity index (χ0v) is 13.9. The number of nitrogens with one attached hydrogen (secondary N) is 1. The molecule has 0 aliphatic heterocycles. The van der Waals surface area contributed by atoms with Gasteiger partial charge >= 0.3 is 0 Å². The molecule has 2 rings (SSSR count). The molecule has 124 valence electrons. The van der Waals surface area contributed by atoms with Gasteiger partial charge in [0.25, 0.3) is 0 Å². The Bertz CT molecular complexity index is 760. The van der Waals surface area contributed by atoms with Gasteiger partial charge in [0.05, 0.1) is 19.0 Å². The number of aryl methyl sites for hydroxylation is 2. The maximum absolute atomic E-state index is 12.5. The van der Waals surface area contributed by atoms with Crippen molar-refractivity contribution in [2.24, 2.45) is 16.0 Å². The Morgan fingerprint density at radius 2 is 1.75 bits per heavy atom.